The molecule has 5 nitrogen and oxygen atoms in total. The summed E-state index contributed by atoms with van der Waals surface area (Å²) < 4.78 is 0. The van der Waals surface area contributed by atoms with Gasteiger partial charge in [0.2, 0.25) is 11.8 Å². The van der Waals surface area contributed by atoms with Crippen molar-refractivity contribution in [1.82, 2.24) is 10.2 Å². The summed E-state index contributed by atoms with van der Waals surface area (Å²) in [6.07, 6.45) is 0.633. The lowest BCUT2D eigenvalue weighted by Gasteiger charge is -2.38. The summed E-state index contributed by atoms with van der Waals surface area (Å²) in [7, 11) is 0. The predicted molar refractivity (Wildman–Crippen MR) is 79.5 cm³/mol. The third-order valence-corrected chi connectivity index (χ3v) is 3.72. The molecule has 0 aromatic heterocycles. The van der Waals surface area contributed by atoms with Crippen molar-refractivity contribution in [1.29, 1.82) is 0 Å². The van der Waals surface area contributed by atoms with E-state index in [-0.39, 0.29) is 17.6 Å². The van der Waals surface area contributed by atoms with E-state index in [1.807, 2.05) is 19.9 Å². The summed E-state index contributed by atoms with van der Waals surface area (Å²) in [5, 5.41) is 12.3. The predicted octanol–water partition coefficient (Wildman–Crippen LogP) is 1.65. The summed E-state index contributed by atoms with van der Waals surface area (Å²) in [6, 6.07) is 5.82. The fourth-order valence-electron chi connectivity index (χ4n) is 2.58. The second-order valence-corrected chi connectivity index (χ2v) is 6.00. The molecule has 2 rings (SSSR count). The number of benzene rings is 1. The number of phenols is 1. The Balaban J connectivity index is 2.18. The third-order valence-electron chi connectivity index (χ3n) is 3.72. The SMILES string of the molecule is CC(C)CC1NC(=O)C(C)N(Cc2cccc(O)c2)C1=O. The van der Waals surface area contributed by atoms with E-state index in [0.717, 1.165) is 5.56 Å². The Morgan fingerprint density at radius 3 is 2.67 bits per heavy atom. The summed E-state index contributed by atoms with van der Waals surface area (Å²) in [4.78, 5) is 26.2. The van der Waals surface area contributed by atoms with E-state index >= 15 is 0 Å². The first-order chi connectivity index (χ1) is 9.88. The molecule has 1 aliphatic rings. The van der Waals surface area contributed by atoms with Gasteiger partial charge in [-0.15, -0.1) is 0 Å². The van der Waals surface area contributed by atoms with Gasteiger partial charge in [0.1, 0.15) is 17.8 Å². The van der Waals surface area contributed by atoms with Crippen LogP contribution in [0.2, 0.25) is 0 Å². The minimum Gasteiger partial charge on any atom is -0.508 e. The lowest BCUT2D eigenvalue weighted by molar-refractivity contribution is -0.149. The monoisotopic (exact) mass is 290 g/mol. The molecule has 1 heterocycles. The Morgan fingerprint density at radius 2 is 2.05 bits per heavy atom. The first-order valence-electron chi connectivity index (χ1n) is 7.27. The maximum Gasteiger partial charge on any atom is 0.246 e. The third kappa shape index (κ3) is 3.54. The van der Waals surface area contributed by atoms with Crippen LogP contribution in [0.3, 0.4) is 0 Å². The molecule has 1 aliphatic heterocycles. The van der Waals surface area contributed by atoms with Crippen molar-refractivity contribution in [2.45, 2.75) is 45.8 Å². The Morgan fingerprint density at radius 1 is 1.33 bits per heavy atom. The number of aromatic hydroxyl groups is 1. The molecular formula is C16H22N2O3. The molecule has 5 heteroatoms. The maximum atomic E-state index is 12.6. The number of phenolic OH excluding ortho intramolecular Hbond substituents is 1. The van der Waals surface area contributed by atoms with Gasteiger partial charge in [0, 0.05) is 6.54 Å². The van der Waals surface area contributed by atoms with Crippen molar-refractivity contribution in [3.63, 3.8) is 0 Å². The molecule has 2 amide bonds. The van der Waals surface area contributed by atoms with Crippen LogP contribution < -0.4 is 5.32 Å². The highest BCUT2D eigenvalue weighted by Gasteiger charge is 2.38. The van der Waals surface area contributed by atoms with Crippen molar-refractivity contribution in [2.24, 2.45) is 5.92 Å². The first kappa shape index (κ1) is 15.4. The van der Waals surface area contributed by atoms with Crippen molar-refractivity contribution < 1.29 is 14.7 Å². The molecule has 2 atom stereocenters. The van der Waals surface area contributed by atoms with Gasteiger partial charge in [-0.25, -0.2) is 0 Å². The highest BCUT2D eigenvalue weighted by molar-refractivity contribution is 5.96. The zero-order valence-electron chi connectivity index (χ0n) is 12.7. The van der Waals surface area contributed by atoms with Gasteiger partial charge in [-0.3, -0.25) is 9.59 Å². The van der Waals surface area contributed by atoms with Crippen LogP contribution in [-0.4, -0.2) is 33.9 Å². The smallest absolute Gasteiger partial charge is 0.246 e. The number of piperazine rings is 1. The Labute approximate surface area is 125 Å². The molecular weight excluding hydrogens is 268 g/mol. The van der Waals surface area contributed by atoms with Crippen LogP contribution in [0.25, 0.3) is 0 Å². The molecule has 0 aliphatic carbocycles. The first-order valence-corrected chi connectivity index (χ1v) is 7.27. The number of nitrogens with zero attached hydrogens (tertiary/aromatic N) is 1. The molecule has 1 aromatic rings. The number of carbonyl (C=O) groups is 2. The van der Waals surface area contributed by atoms with Crippen LogP contribution in [0.15, 0.2) is 24.3 Å². The zero-order valence-corrected chi connectivity index (χ0v) is 12.7. The molecule has 114 valence electrons. The Bertz CT molecular complexity index is 542. The topological polar surface area (TPSA) is 69.6 Å². The summed E-state index contributed by atoms with van der Waals surface area (Å²) in [5.41, 5.74) is 0.813. The van der Waals surface area contributed by atoms with Crippen LogP contribution in [0.4, 0.5) is 0 Å². The van der Waals surface area contributed by atoms with Crippen molar-refractivity contribution >= 4 is 11.8 Å². The van der Waals surface area contributed by atoms with Gasteiger partial charge < -0.3 is 15.3 Å². The van der Waals surface area contributed by atoms with Gasteiger partial charge in [0.05, 0.1) is 0 Å². The van der Waals surface area contributed by atoms with Gasteiger partial charge >= 0.3 is 0 Å². The molecule has 1 saturated heterocycles. The summed E-state index contributed by atoms with van der Waals surface area (Å²) in [6.45, 7) is 6.10. The van der Waals surface area contributed by atoms with E-state index in [0.29, 0.717) is 18.9 Å². The molecule has 0 spiro atoms. The number of hydrogen-bond donors (Lipinski definition) is 2. The van der Waals surface area contributed by atoms with Crippen LogP contribution in [-0.2, 0) is 16.1 Å². The molecule has 1 fully saturated rings. The van der Waals surface area contributed by atoms with Gasteiger partial charge in [0.15, 0.2) is 0 Å². The minimum atomic E-state index is -0.497. The van der Waals surface area contributed by atoms with Crippen LogP contribution in [0.5, 0.6) is 5.75 Å². The Hall–Kier alpha value is -2.04. The average molecular weight is 290 g/mol. The highest BCUT2D eigenvalue weighted by atomic mass is 16.3. The quantitative estimate of drug-likeness (QED) is 0.886. The van der Waals surface area contributed by atoms with Crippen LogP contribution in [0, 0.1) is 5.92 Å². The van der Waals surface area contributed by atoms with E-state index in [2.05, 4.69) is 5.32 Å². The molecule has 21 heavy (non-hydrogen) atoms. The average Bonchev–Trinajstić information content (AvgIpc) is 2.40. The maximum absolute atomic E-state index is 12.6. The minimum absolute atomic E-state index is 0.0563. The van der Waals surface area contributed by atoms with Gasteiger partial charge in [0.25, 0.3) is 0 Å². The summed E-state index contributed by atoms with van der Waals surface area (Å²) in [5.74, 6) is 0.308. The fraction of sp³-hybridized carbons (Fsp3) is 0.500. The van der Waals surface area contributed by atoms with Gasteiger partial charge in [-0.1, -0.05) is 26.0 Å². The number of carbonyl (C=O) groups excluding carboxylic acids is 2. The number of nitrogens with one attached hydrogen (secondary N) is 1. The van der Waals surface area contributed by atoms with Crippen molar-refractivity contribution in [3.05, 3.63) is 29.8 Å². The number of rotatable bonds is 4. The fourth-order valence-corrected chi connectivity index (χ4v) is 2.58. The van der Waals surface area contributed by atoms with Gasteiger partial charge in [-0.05, 0) is 37.0 Å². The van der Waals surface area contributed by atoms with Crippen molar-refractivity contribution in [3.8, 4) is 5.75 Å². The molecule has 0 radical (unpaired) electrons. The molecule has 1 aromatic carbocycles. The normalized spacial score (nSPS) is 22.6. The largest absolute Gasteiger partial charge is 0.508 e. The summed E-state index contributed by atoms with van der Waals surface area (Å²) >= 11 is 0. The van der Waals surface area contributed by atoms with Crippen LogP contribution in [0.1, 0.15) is 32.8 Å². The second-order valence-electron chi connectivity index (χ2n) is 6.00. The molecule has 2 unspecified atom stereocenters. The van der Waals surface area contributed by atoms with E-state index < -0.39 is 12.1 Å². The molecule has 2 N–H and O–H groups in total. The standard InChI is InChI=1S/C16H22N2O3/c1-10(2)7-14-16(21)18(11(3)15(20)17-14)9-12-5-4-6-13(19)8-12/h4-6,8,10-11,14,19H,7,9H2,1-3H3,(H,17,20). The lowest BCUT2D eigenvalue weighted by atomic mass is 9.98. The Kier molecular flexibility index (Phi) is 4.50. The van der Waals surface area contributed by atoms with Gasteiger partial charge in [-0.2, -0.15) is 0 Å². The van der Waals surface area contributed by atoms with Crippen molar-refractivity contribution in [2.75, 3.05) is 0 Å². The lowest BCUT2D eigenvalue weighted by Crippen LogP contribution is -2.62. The molecule has 0 bridgehead atoms. The number of amides is 2. The van der Waals surface area contributed by atoms with E-state index in [9.17, 15) is 14.7 Å². The van der Waals surface area contributed by atoms with E-state index in [1.54, 1.807) is 30.0 Å². The van der Waals surface area contributed by atoms with Crippen LogP contribution >= 0.6 is 0 Å². The zero-order chi connectivity index (χ0) is 15.6. The number of hydrogen-bond acceptors (Lipinski definition) is 3. The second kappa shape index (κ2) is 6.16. The van der Waals surface area contributed by atoms with E-state index in [1.165, 1.54) is 0 Å². The molecule has 0 saturated carbocycles. The highest BCUT2D eigenvalue weighted by Crippen LogP contribution is 2.20. The van der Waals surface area contributed by atoms with E-state index in [4.69, 9.17) is 0 Å².